The summed E-state index contributed by atoms with van der Waals surface area (Å²) in [5, 5.41) is 16.6. The molecule has 1 saturated carbocycles. The van der Waals surface area contributed by atoms with E-state index in [9.17, 15) is 4.79 Å². The van der Waals surface area contributed by atoms with E-state index in [4.69, 9.17) is 5.11 Å². The molecule has 1 aliphatic rings. The number of hydrogen-bond donors (Lipinski definition) is 1. The third-order valence-corrected chi connectivity index (χ3v) is 3.66. The largest absolute Gasteiger partial charge is 0.481 e. The zero-order valence-electron chi connectivity index (χ0n) is 10.2. The molecule has 5 nitrogen and oxygen atoms in total. The van der Waals surface area contributed by atoms with Gasteiger partial charge >= 0.3 is 5.97 Å². The first-order valence-corrected chi connectivity index (χ1v) is 6.31. The summed E-state index contributed by atoms with van der Waals surface area (Å²) in [5.41, 5.74) is 0.551. The molecule has 1 aromatic heterocycles. The van der Waals surface area contributed by atoms with Crippen LogP contribution in [-0.4, -0.2) is 26.1 Å². The normalized spacial score (nSPS) is 24.8. The number of hydrogen-bond acceptors (Lipinski definition) is 3. The number of aromatic nitrogens is 3. The van der Waals surface area contributed by atoms with Crippen molar-refractivity contribution >= 4 is 5.97 Å². The van der Waals surface area contributed by atoms with Crippen molar-refractivity contribution in [1.29, 1.82) is 0 Å². The Labute approximate surface area is 101 Å². The second-order valence-electron chi connectivity index (χ2n) is 4.84. The molecule has 1 N–H and O–H groups in total. The summed E-state index contributed by atoms with van der Waals surface area (Å²) < 4.78 is 1.85. The summed E-state index contributed by atoms with van der Waals surface area (Å²) in [4.78, 5) is 10.6. The maximum atomic E-state index is 10.6. The molecular weight excluding hydrogens is 218 g/mol. The van der Waals surface area contributed by atoms with E-state index in [2.05, 4.69) is 17.2 Å². The lowest BCUT2D eigenvalue weighted by molar-refractivity contribution is -0.136. The number of carbonyl (C=O) groups is 1. The van der Waals surface area contributed by atoms with E-state index in [-0.39, 0.29) is 6.42 Å². The Kier molecular flexibility index (Phi) is 3.76. The molecule has 2 rings (SSSR count). The first-order valence-electron chi connectivity index (χ1n) is 6.31. The maximum Gasteiger partial charge on any atom is 0.309 e. The van der Waals surface area contributed by atoms with Gasteiger partial charge in [0.05, 0.1) is 18.2 Å². The van der Waals surface area contributed by atoms with Crippen LogP contribution in [0, 0.1) is 5.92 Å². The fraction of sp³-hybridized carbons (Fsp3) is 0.750. The Balaban J connectivity index is 1.94. The van der Waals surface area contributed by atoms with Gasteiger partial charge in [-0.15, -0.1) is 5.10 Å². The molecule has 0 atom stereocenters. The van der Waals surface area contributed by atoms with Gasteiger partial charge in [-0.25, -0.2) is 4.68 Å². The first kappa shape index (κ1) is 12.1. The molecular formula is C12H19N3O2. The van der Waals surface area contributed by atoms with Crippen LogP contribution in [0.3, 0.4) is 0 Å². The smallest absolute Gasteiger partial charge is 0.309 e. The van der Waals surface area contributed by atoms with Gasteiger partial charge in [-0.05, 0) is 31.6 Å². The van der Waals surface area contributed by atoms with Gasteiger partial charge in [-0.2, -0.15) is 0 Å². The monoisotopic (exact) mass is 237 g/mol. The third-order valence-electron chi connectivity index (χ3n) is 3.66. The van der Waals surface area contributed by atoms with Gasteiger partial charge < -0.3 is 5.11 Å². The molecule has 17 heavy (non-hydrogen) atoms. The van der Waals surface area contributed by atoms with E-state index in [0.29, 0.717) is 11.7 Å². The van der Waals surface area contributed by atoms with Crippen molar-refractivity contribution in [2.75, 3.05) is 0 Å². The molecule has 0 bridgehead atoms. The van der Waals surface area contributed by atoms with Crippen LogP contribution in [-0.2, 0) is 11.2 Å². The number of carboxylic acids is 1. The van der Waals surface area contributed by atoms with Gasteiger partial charge in [-0.1, -0.05) is 18.6 Å². The highest BCUT2D eigenvalue weighted by Gasteiger charge is 2.22. The highest BCUT2D eigenvalue weighted by atomic mass is 16.4. The Bertz CT molecular complexity index is 381. The second-order valence-corrected chi connectivity index (χ2v) is 4.84. The lowest BCUT2D eigenvalue weighted by Gasteiger charge is -2.27. The van der Waals surface area contributed by atoms with Crippen molar-refractivity contribution in [2.45, 2.75) is 51.5 Å². The van der Waals surface area contributed by atoms with E-state index in [1.54, 1.807) is 6.20 Å². The molecule has 1 fully saturated rings. The lowest BCUT2D eigenvalue weighted by atomic mass is 9.85. The van der Waals surface area contributed by atoms with Crippen LogP contribution < -0.4 is 0 Å². The van der Waals surface area contributed by atoms with Gasteiger partial charge in [0.1, 0.15) is 0 Å². The SMILES string of the molecule is CCC1CCC(n2cc(CC(=O)O)nn2)CC1. The number of rotatable bonds is 4. The van der Waals surface area contributed by atoms with Crippen molar-refractivity contribution in [3.8, 4) is 0 Å². The topological polar surface area (TPSA) is 68.0 Å². The van der Waals surface area contributed by atoms with Crippen molar-refractivity contribution in [2.24, 2.45) is 5.92 Å². The molecule has 1 aromatic rings. The van der Waals surface area contributed by atoms with E-state index in [0.717, 1.165) is 18.8 Å². The standard InChI is InChI=1S/C12H19N3O2/c1-2-9-3-5-11(6-4-9)15-8-10(13-14-15)7-12(16)17/h8-9,11H,2-7H2,1H3,(H,16,17). The summed E-state index contributed by atoms with van der Waals surface area (Å²) in [5.74, 6) is 0.00000241. The molecule has 5 heteroatoms. The molecule has 1 aliphatic carbocycles. The quantitative estimate of drug-likeness (QED) is 0.870. The Morgan fingerprint density at radius 1 is 1.47 bits per heavy atom. The minimum atomic E-state index is -0.855. The Morgan fingerprint density at radius 3 is 2.76 bits per heavy atom. The Hall–Kier alpha value is -1.39. The fourth-order valence-electron chi connectivity index (χ4n) is 2.55. The molecule has 0 aromatic carbocycles. The molecule has 94 valence electrons. The van der Waals surface area contributed by atoms with Crippen molar-refractivity contribution in [3.63, 3.8) is 0 Å². The molecule has 0 radical (unpaired) electrons. The summed E-state index contributed by atoms with van der Waals surface area (Å²) in [6.45, 7) is 2.24. The van der Waals surface area contributed by atoms with Crippen LogP contribution in [0.5, 0.6) is 0 Å². The van der Waals surface area contributed by atoms with Crippen molar-refractivity contribution in [1.82, 2.24) is 15.0 Å². The zero-order valence-corrected chi connectivity index (χ0v) is 10.2. The van der Waals surface area contributed by atoms with Crippen molar-refractivity contribution in [3.05, 3.63) is 11.9 Å². The van der Waals surface area contributed by atoms with Gasteiger partial charge in [0, 0.05) is 6.20 Å². The van der Waals surface area contributed by atoms with E-state index in [1.165, 1.54) is 19.3 Å². The minimum absolute atomic E-state index is 0.0374. The van der Waals surface area contributed by atoms with Gasteiger partial charge in [0.25, 0.3) is 0 Å². The number of carboxylic acid groups (broad SMARTS) is 1. The third kappa shape index (κ3) is 3.05. The number of nitrogens with zero attached hydrogens (tertiary/aromatic N) is 3. The zero-order chi connectivity index (χ0) is 12.3. The van der Waals surface area contributed by atoms with Crippen LogP contribution in [0.25, 0.3) is 0 Å². The molecule has 0 spiro atoms. The molecule has 0 saturated heterocycles. The average molecular weight is 237 g/mol. The van der Waals surface area contributed by atoms with Crippen molar-refractivity contribution < 1.29 is 9.90 Å². The summed E-state index contributed by atoms with van der Waals surface area (Å²) >= 11 is 0. The Morgan fingerprint density at radius 2 is 2.18 bits per heavy atom. The van der Waals surface area contributed by atoms with Gasteiger partial charge in [-0.3, -0.25) is 4.79 Å². The number of aliphatic carboxylic acids is 1. The minimum Gasteiger partial charge on any atom is -0.481 e. The summed E-state index contributed by atoms with van der Waals surface area (Å²) in [6, 6.07) is 0.410. The average Bonchev–Trinajstić information content (AvgIpc) is 2.77. The molecule has 0 amide bonds. The van der Waals surface area contributed by atoms with Gasteiger partial charge in [0.2, 0.25) is 0 Å². The van der Waals surface area contributed by atoms with E-state index in [1.807, 2.05) is 4.68 Å². The van der Waals surface area contributed by atoms with Crippen LogP contribution in [0.15, 0.2) is 6.20 Å². The second kappa shape index (κ2) is 5.29. The molecule has 0 aliphatic heterocycles. The lowest BCUT2D eigenvalue weighted by Crippen LogP contribution is -2.18. The predicted molar refractivity (Wildman–Crippen MR) is 62.6 cm³/mol. The maximum absolute atomic E-state index is 10.6. The van der Waals surface area contributed by atoms with Crippen LogP contribution in [0.4, 0.5) is 0 Å². The highest BCUT2D eigenvalue weighted by molar-refractivity contribution is 5.69. The predicted octanol–water partition coefficient (Wildman–Crippen LogP) is 2.05. The molecule has 1 heterocycles. The van der Waals surface area contributed by atoms with Gasteiger partial charge in [0.15, 0.2) is 0 Å². The highest BCUT2D eigenvalue weighted by Crippen LogP contribution is 2.33. The fourth-order valence-corrected chi connectivity index (χ4v) is 2.55. The molecule has 0 unspecified atom stereocenters. The van der Waals surface area contributed by atoms with E-state index < -0.39 is 5.97 Å². The summed E-state index contributed by atoms with van der Waals surface area (Å²) in [6.07, 6.45) is 7.76. The first-order chi connectivity index (χ1) is 8.19. The van der Waals surface area contributed by atoms with Crippen LogP contribution in [0.1, 0.15) is 50.8 Å². The van der Waals surface area contributed by atoms with Crippen LogP contribution in [0.2, 0.25) is 0 Å². The van der Waals surface area contributed by atoms with Crippen LogP contribution >= 0.6 is 0 Å². The summed E-state index contributed by atoms with van der Waals surface area (Å²) in [7, 11) is 0. The van der Waals surface area contributed by atoms with E-state index >= 15 is 0 Å².